The maximum Gasteiger partial charge on any atom is 1.00 e. The van der Waals surface area contributed by atoms with E-state index in [1.165, 1.54) is 36.0 Å². The van der Waals surface area contributed by atoms with E-state index in [1.54, 1.807) is 0 Å². The number of hydrogen-bond donors (Lipinski definition) is 8. The molecule has 4 rings (SSSR count). The van der Waals surface area contributed by atoms with Gasteiger partial charge in [0.2, 0.25) is 35.7 Å². The Bertz CT molecular complexity index is 2600. The Morgan fingerprint density at radius 1 is 0.559 bits per heavy atom. The van der Waals surface area contributed by atoms with E-state index >= 15 is 0 Å². The van der Waals surface area contributed by atoms with E-state index in [-0.39, 0.29) is 203 Å². The van der Waals surface area contributed by atoms with Crippen LogP contribution in [0.4, 0.5) is 47.1 Å². The molecular formula is C32H40N12Na4O16S4. The number of aliphatic hydroxyl groups is 4. The number of aromatic nitrogens is 6. The number of anilines is 8. The zero-order chi connectivity index (χ0) is 47.6. The first-order chi connectivity index (χ1) is 29.7. The Morgan fingerprint density at radius 2 is 0.882 bits per heavy atom. The summed E-state index contributed by atoms with van der Waals surface area (Å²) in [6.07, 6.45) is -0.427. The van der Waals surface area contributed by atoms with E-state index in [0.717, 1.165) is 36.4 Å². The zero-order valence-electron chi connectivity index (χ0n) is 37.3. The fourth-order valence-corrected chi connectivity index (χ4v) is 7.34. The Balaban J connectivity index is 0.0000112. The molecule has 0 amide bonds. The maximum absolute atomic E-state index is 12.5. The Labute approximate surface area is 479 Å². The summed E-state index contributed by atoms with van der Waals surface area (Å²) in [5.74, 6) is -3.08. The first kappa shape index (κ1) is 66.5. The van der Waals surface area contributed by atoms with Gasteiger partial charge in [0.15, 0.2) is 0 Å². The van der Waals surface area contributed by atoms with E-state index < -0.39 is 87.2 Å². The summed E-state index contributed by atoms with van der Waals surface area (Å²) in [5, 5.41) is 48.4. The fourth-order valence-electron chi connectivity index (χ4n) is 4.96. The number of rotatable bonds is 24. The van der Waals surface area contributed by atoms with E-state index in [0.29, 0.717) is 0 Å². The average molecular weight is 1070 g/mol. The Kier molecular flexibility index (Phi) is 28.6. The standard InChI is InChI=1S/C32H44N12O16S4.4Na/c1-43(9-11-61(49,50)51)31-39-27(33-15-23(47)17-45)37-29(41-31)35-21-7-5-19(25(13-21)63(55,56)57)3-4-20-6-8-22(14-26(20)64(58,59)60)36-30-38-28(34-16-24(48)18-46)40-32(42-30)44(2)10-12-62(52,53)54;;;;/h3-8,13-14,23-24,45-48H,9-12,15-18H2,1-2H3,(H,49,50,51)(H,52,53,54)(H,55,56,57)(H,58,59,60)(H2,33,35,37,39,41)(H2,34,36,38,40,42);;;;/q;4*+1/p-4/b4-3+;;;;. The van der Waals surface area contributed by atoms with Crippen LogP contribution < -0.4 is 149 Å². The van der Waals surface area contributed by atoms with E-state index in [4.69, 9.17) is 10.2 Å². The summed E-state index contributed by atoms with van der Waals surface area (Å²) in [5.41, 5.74) is -0.742. The van der Waals surface area contributed by atoms with Gasteiger partial charge in [0.25, 0.3) is 0 Å². The summed E-state index contributed by atoms with van der Waals surface area (Å²) in [6, 6.07) is 6.58. The van der Waals surface area contributed by atoms with Crippen molar-refractivity contribution >= 4 is 99.7 Å². The molecule has 2 heterocycles. The minimum absolute atomic E-state index is 0. The van der Waals surface area contributed by atoms with Gasteiger partial charge in [-0.1, -0.05) is 24.3 Å². The van der Waals surface area contributed by atoms with Crippen LogP contribution in [0.2, 0.25) is 0 Å². The smallest absolute Gasteiger partial charge is 0.748 e. The average Bonchev–Trinajstić information content (AvgIpc) is 3.21. The predicted molar refractivity (Wildman–Crippen MR) is 223 cm³/mol. The molecule has 0 fully saturated rings. The van der Waals surface area contributed by atoms with Crippen molar-refractivity contribution in [1.82, 2.24) is 29.9 Å². The molecule has 0 aliphatic carbocycles. The summed E-state index contributed by atoms with van der Waals surface area (Å²) < 4.78 is 142. The molecular weight excluding hydrogens is 1030 g/mol. The maximum atomic E-state index is 12.5. The quantitative estimate of drug-likeness (QED) is 0.0183. The van der Waals surface area contributed by atoms with Crippen LogP contribution in [0.1, 0.15) is 11.1 Å². The summed E-state index contributed by atoms with van der Waals surface area (Å²) in [7, 11) is -17.1. The van der Waals surface area contributed by atoms with E-state index in [9.17, 15) is 62.1 Å². The third-order valence-corrected chi connectivity index (χ3v) is 11.4. The summed E-state index contributed by atoms with van der Waals surface area (Å²) in [6.45, 7) is -2.50. The fraction of sp³-hybridized carbons (Fsp3) is 0.375. The van der Waals surface area contributed by atoms with E-state index in [1.807, 2.05) is 0 Å². The molecule has 36 heteroatoms. The van der Waals surface area contributed by atoms with Gasteiger partial charge in [-0.25, -0.2) is 33.7 Å². The van der Waals surface area contributed by atoms with Crippen molar-refractivity contribution in [3.05, 3.63) is 47.5 Å². The van der Waals surface area contributed by atoms with E-state index in [2.05, 4.69) is 51.2 Å². The van der Waals surface area contributed by atoms with Crippen molar-refractivity contribution in [2.75, 3.05) is 96.1 Å². The molecule has 2 aromatic heterocycles. The minimum atomic E-state index is -5.28. The van der Waals surface area contributed by atoms with Crippen molar-refractivity contribution in [1.29, 1.82) is 0 Å². The topological polar surface area (TPSA) is 442 Å². The van der Waals surface area contributed by atoms with Crippen molar-refractivity contribution in [3.8, 4) is 0 Å². The third-order valence-electron chi connectivity index (χ3n) is 8.22. The van der Waals surface area contributed by atoms with Gasteiger partial charge < -0.3 is 69.7 Å². The first-order valence-electron chi connectivity index (χ1n) is 18.0. The SMILES string of the molecule is CN(CCS(=O)(=O)[O-])c1nc(NCC(O)CO)nc(Nc2ccc(/C=C/c3ccc(Nc4nc(NCC(O)CO)nc(N(C)CCS(=O)(=O)[O-])n4)cc3S(=O)(=O)[O-])c(S(=O)(=O)[O-])c2)n1.[Na+].[Na+].[Na+].[Na+]. The first-order valence-corrected chi connectivity index (χ1v) is 24.0. The molecule has 8 N–H and O–H groups in total. The van der Waals surface area contributed by atoms with Gasteiger partial charge in [-0.05, 0) is 35.4 Å². The second-order valence-corrected chi connectivity index (χ2v) is 19.1. The molecule has 352 valence electrons. The molecule has 0 radical (unpaired) electrons. The largest absolute Gasteiger partial charge is 1.00 e. The Hall–Kier alpha value is -1.52. The molecule has 4 aromatic rings. The number of hydrogen-bond acceptors (Lipinski definition) is 28. The molecule has 2 atom stereocenters. The second kappa shape index (κ2) is 29.2. The third kappa shape index (κ3) is 22.5. The number of benzene rings is 2. The van der Waals surface area contributed by atoms with Gasteiger partial charge in [-0.3, -0.25) is 0 Å². The monoisotopic (exact) mass is 1070 g/mol. The van der Waals surface area contributed by atoms with Crippen molar-refractivity contribution in [2.45, 2.75) is 22.0 Å². The molecule has 0 aliphatic rings. The van der Waals surface area contributed by atoms with Crippen LogP contribution in [0, 0.1) is 0 Å². The molecule has 0 spiro atoms. The van der Waals surface area contributed by atoms with Gasteiger partial charge in [-0.15, -0.1) is 0 Å². The molecule has 68 heavy (non-hydrogen) atoms. The minimum Gasteiger partial charge on any atom is -0.748 e. The summed E-state index contributed by atoms with van der Waals surface area (Å²) >= 11 is 0. The molecule has 28 nitrogen and oxygen atoms in total. The van der Waals surface area contributed by atoms with Crippen LogP contribution in [0.25, 0.3) is 12.2 Å². The molecule has 0 saturated heterocycles. The molecule has 2 unspecified atom stereocenters. The van der Waals surface area contributed by atoms with Crippen LogP contribution in [-0.4, -0.2) is 179 Å². The van der Waals surface area contributed by atoms with Crippen molar-refractivity contribution in [3.63, 3.8) is 0 Å². The molecule has 2 aromatic carbocycles. The van der Waals surface area contributed by atoms with Gasteiger partial charge in [0.1, 0.15) is 20.2 Å². The molecule has 0 bridgehead atoms. The van der Waals surface area contributed by atoms with Crippen molar-refractivity contribution < 1.29 is 191 Å². The molecule has 0 aliphatic heterocycles. The van der Waals surface area contributed by atoms with Crippen LogP contribution in [-0.2, 0) is 40.5 Å². The number of nitrogens with one attached hydrogen (secondary N) is 4. The number of aliphatic hydroxyl groups excluding tert-OH is 4. The van der Waals surface area contributed by atoms with Gasteiger partial charge in [-0.2, -0.15) is 29.9 Å². The van der Waals surface area contributed by atoms with Crippen LogP contribution in [0.5, 0.6) is 0 Å². The van der Waals surface area contributed by atoms with Crippen molar-refractivity contribution in [2.24, 2.45) is 0 Å². The van der Waals surface area contributed by atoms with Gasteiger partial charge in [0, 0.05) is 51.6 Å². The second-order valence-electron chi connectivity index (χ2n) is 13.4. The van der Waals surface area contributed by atoms with Crippen LogP contribution in [0.15, 0.2) is 46.2 Å². The van der Waals surface area contributed by atoms with Gasteiger partial charge >= 0.3 is 118 Å². The zero-order valence-corrected chi connectivity index (χ0v) is 48.6. The summed E-state index contributed by atoms with van der Waals surface area (Å²) in [4.78, 5) is 25.3. The normalized spacial score (nSPS) is 12.6. The van der Waals surface area contributed by atoms with Crippen LogP contribution in [0.3, 0.4) is 0 Å². The predicted octanol–water partition coefficient (Wildman–Crippen LogP) is -15.0. The molecule has 0 saturated carbocycles. The van der Waals surface area contributed by atoms with Gasteiger partial charge in [0.05, 0.1) is 67.0 Å². The Morgan fingerprint density at radius 3 is 1.18 bits per heavy atom. The van der Waals surface area contributed by atoms with Crippen LogP contribution >= 0.6 is 0 Å². The number of nitrogens with zero attached hydrogens (tertiary/aromatic N) is 8.